The molecule has 110 valence electrons. The Hall–Kier alpha value is -2.11. The molecule has 0 saturated carbocycles. The predicted octanol–water partition coefficient (Wildman–Crippen LogP) is 2.88. The van der Waals surface area contributed by atoms with Crippen LogP contribution in [0.2, 0.25) is 0 Å². The van der Waals surface area contributed by atoms with E-state index in [2.05, 4.69) is 11.7 Å². The third kappa shape index (κ3) is 4.87. The molecule has 0 amide bonds. The molecule has 0 heterocycles. The molecule has 6 nitrogen and oxygen atoms in total. The number of hydrogen-bond acceptors (Lipinski definition) is 5. The summed E-state index contributed by atoms with van der Waals surface area (Å²) in [5, 5.41) is 11.0. The Morgan fingerprint density at radius 1 is 1.35 bits per heavy atom. The zero-order valence-corrected chi connectivity index (χ0v) is 11.8. The molecular weight excluding hydrogens is 262 g/mol. The highest BCUT2D eigenvalue weighted by Crippen LogP contribution is 2.28. The molecule has 1 aromatic rings. The molecule has 20 heavy (non-hydrogen) atoms. The van der Waals surface area contributed by atoms with Gasteiger partial charge in [0.15, 0.2) is 5.75 Å². The highest BCUT2D eigenvalue weighted by molar-refractivity contribution is 5.73. The zero-order chi connectivity index (χ0) is 15.0. The number of esters is 1. The molecule has 0 saturated heterocycles. The van der Waals surface area contributed by atoms with Gasteiger partial charge in [0.1, 0.15) is 0 Å². The molecule has 6 heteroatoms. The number of methoxy groups -OCH3 is 1. The summed E-state index contributed by atoms with van der Waals surface area (Å²) in [6.07, 6.45) is 2.95. The minimum atomic E-state index is -0.504. The van der Waals surface area contributed by atoms with Gasteiger partial charge in [-0.05, 0) is 18.1 Å². The number of unbranched alkanes of at least 4 members (excludes halogenated alkanes) is 2. The molecule has 0 aliphatic carbocycles. The number of nitro benzene ring substituents is 1. The molecule has 0 N–H and O–H groups in total. The topological polar surface area (TPSA) is 78.7 Å². The normalized spacial score (nSPS) is 10.1. The molecule has 0 bridgehead atoms. The van der Waals surface area contributed by atoms with Gasteiger partial charge in [0.2, 0.25) is 0 Å². The standard InChI is InChI=1S/C14H19NO5/c1-3-4-5-8-20-13-7-6-11(10-14(16)19-2)9-12(13)15(17)18/h6-7,9H,3-5,8,10H2,1-2H3. The van der Waals surface area contributed by atoms with Crippen LogP contribution in [0.25, 0.3) is 0 Å². The summed E-state index contributed by atoms with van der Waals surface area (Å²) in [6, 6.07) is 4.52. The molecule has 0 fully saturated rings. The summed E-state index contributed by atoms with van der Waals surface area (Å²) in [5.74, 6) is -0.198. The lowest BCUT2D eigenvalue weighted by atomic mass is 10.1. The number of nitro groups is 1. The van der Waals surface area contributed by atoms with Gasteiger partial charge in [-0.1, -0.05) is 25.8 Å². The largest absolute Gasteiger partial charge is 0.487 e. The number of nitrogens with zero attached hydrogens (tertiary/aromatic N) is 1. The van der Waals surface area contributed by atoms with Gasteiger partial charge in [-0.3, -0.25) is 14.9 Å². The van der Waals surface area contributed by atoms with Gasteiger partial charge >= 0.3 is 11.7 Å². The van der Waals surface area contributed by atoms with Crippen LogP contribution in [0.4, 0.5) is 5.69 Å². The monoisotopic (exact) mass is 281 g/mol. The lowest BCUT2D eigenvalue weighted by Crippen LogP contribution is -2.06. The van der Waals surface area contributed by atoms with Crippen molar-refractivity contribution in [3.05, 3.63) is 33.9 Å². The summed E-state index contributed by atoms with van der Waals surface area (Å²) in [6.45, 7) is 2.52. The first-order valence-corrected chi connectivity index (χ1v) is 6.55. The fourth-order valence-corrected chi connectivity index (χ4v) is 1.71. The van der Waals surface area contributed by atoms with E-state index in [-0.39, 0.29) is 17.9 Å². The maximum absolute atomic E-state index is 11.2. The first-order chi connectivity index (χ1) is 9.58. The number of hydrogen-bond donors (Lipinski definition) is 0. The maximum atomic E-state index is 11.2. The predicted molar refractivity (Wildman–Crippen MR) is 73.8 cm³/mol. The van der Waals surface area contributed by atoms with Crippen molar-refractivity contribution in [2.24, 2.45) is 0 Å². The summed E-state index contributed by atoms with van der Waals surface area (Å²) in [5.41, 5.74) is 0.410. The molecule has 0 atom stereocenters. The molecular formula is C14H19NO5. The summed E-state index contributed by atoms with van der Waals surface area (Å²) in [7, 11) is 1.28. The number of carbonyl (C=O) groups is 1. The van der Waals surface area contributed by atoms with E-state index < -0.39 is 10.9 Å². The average molecular weight is 281 g/mol. The third-order valence-corrected chi connectivity index (χ3v) is 2.80. The molecule has 0 aliphatic heterocycles. The summed E-state index contributed by atoms with van der Waals surface area (Å²) >= 11 is 0. The lowest BCUT2D eigenvalue weighted by molar-refractivity contribution is -0.385. The molecule has 1 aromatic carbocycles. The van der Waals surface area contributed by atoms with Crippen LogP contribution >= 0.6 is 0 Å². The first-order valence-electron chi connectivity index (χ1n) is 6.55. The van der Waals surface area contributed by atoms with Gasteiger partial charge in [-0.15, -0.1) is 0 Å². The van der Waals surface area contributed by atoms with Crippen molar-refractivity contribution in [2.75, 3.05) is 13.7 Å². The van der Waals surface area contributed by atoms with Gasteiger partial charge in [0.05, 0.1) is 25.1 Å². The van der Waals surface area contributed by atoms with Crippen LogP contribution in [0.15, 0.2) is 18.2 Å². The van der Waals surface area contributed by atoms with E-state index in [1.165, 1.54) is 19.2 Å². The van der Waals surface area contributed by atoms with E-state index in [1.54, 1.807) is 6.07 Å². The van der Waals surface area contributed by atoms with E-state index in [1.807, 2.05) is 0 Å². The van der Waals surface area contributed by atoms with Crippen LogP contribution in [-0.4, -0.2) is 24.6 Å². The van der Waals surface area contributed by atoms with E-state index in [4.69, 9.17) is 4.74 Å². The summed E-state index contributed by atoms with van der Waals surface area (Å²) in [4.78, 5) is 21.7. The Morgan fingerprint density at radius 2 is 2.10 bits per heavy atom. The Balaban J connectivity index is 2.79. The van der Waals surface area contributed by atoms with Crippen LogP contribution < -0.4 is 4.74 Å². The number of rotatable bonds is 8. The van der Waals surface area contributed by atoms with Crippen molar-refractivity contribution in [1.82, 2.24) is 0 Å². The van der Waals surface area contributed by atoms with Crippen LogP contribution in [0.1, 0.15) is 31.7 Å². The van der Waals surface area contributed by atoms with Gasteiger partial charge in [-0.2, -0.15) is 0 Å². The third-order valence-electron chi connectivity index (χ3n) is 2.80. The summed E-state index contributed by atoms with van der Waals surface area (Å²) < 4.78 is 9.97. The van der Waals surface area contributed by atoms with Crippen LogP contribution in [-0.2, 0) is 16.0 Å². The minimum Gasteiger partial charge on any atom is -0.487 e. The zero-order valence-electron chi connectivity index (χ0n) is 11.8. The van der Waals surface area contributed by atoms with Crippen LogP contribution in [0.5, 0.6) is 5.75 Å². The minimum absolute atomic E-state index is 0.00740. The van der Waals surface area contributed by atoms with Crippen molar-refractivity contribution in [2.45, 2.75) is 32.6 Å². The number of ether oxygens (including phenoxy) is 2. The van der Waals surface area contributed by atoms with Gasteiger partial charge < -0.3 is 9.47 Å². The smallest absolute Gasteiger partial charge is 0.311 e. The van der Waals surface area contributed by atoms with Gasteiger partial charge in [0, 0.05) is 6.07 Å². The van der Waals surface area contributed by atoms with Crippen molar-refractivity contribution in [3.8, 4) is 5.75 Å². The average Bonchev–Trinajstić information content (AvgIpc) is 2.44. The Morgan fingerprint density at radius 3 is 2.70 bits per heavy atom. The highest BCUT2D eigenvalue weighted by atomic mass is 16.6. The Labute approximate surface area is 117 Å². The van der Waals surface area contributed by atoms with E-state index in [0.29, 0.717) is 12.2 Å². The van der Waals surface area contributed by atoms with Gasteiger partial charge in [-0.25, -0.2) is 0 Å². The molecule has 0 aromatic heterocycles. The maximum Gasteiger partial charge on any atom is 0.311 e. The van der Waals surface area contributed by atoms with E-state index in [0.717, 1.165) is 19.3 Å². The number of benzene rings is 1. The van der Waals surface area contributed by atoms with E-state index >= 15 is 0 Å². The first kappa shape index (κ1) is 15.9. The van der Waals surface area contributed by atoms with Crippen molar-refractivity contribution in [3.63, 3.8) is 0 Å². The van der Waals surface area contributed by atoms with Crippen molar-refractivity contribution in [1.29, 1.82) is 0 Å². The van der Waals surface area contributed by atoms with E-state index in [9.17, 15) is 14.9 Å². The molecule has 0 aliphatic rings. The second-order valence-electron chi connectivity index (χ2n) is 4.37. The fraction of sp³-hybridized carbons (Fsp3) is 0.500. The molecule has 0 spiro atoms. The van der Waals surface area contributed by atoms with Crippen LogP contribution in [0.3, 0.4) is 0 Å². The second kappa shape index (κ2) is 8.14. The van der Waals surface area contributed by atoms with Crippen molar-refractivity contribution >= 4 is 11.7 Å². The van der Waals surface area contributed by atoms with Gasteiger partial charge in [0.25, 0.3) is 0 Å². The Bertz CT molecular complexity index is 473. The number of carbonyl (C=O) groups excluding carboxylic acids is 1. The Kier molecular flexibility index (Phi) is 6.49. The molecule has 0 unspecified atom stereocenters. The molecule has 0 radical (unpaired) electrons. The lowest BCUT2D eigenvalue weighted by Gasteiger charge is -2.07. The highest BCUT2D eigenvalue weighted by Gasteiger charge is 2.17. The van der Waals surface area contributed by atoms with Crippen LogP contribution in [0, 0.1) is 10.1 Å². The molecule has 1 rings (SSSR count). The van der Waals surface area contributed by atoms with Crippen molar-refractivity contribution < 1.29 is 19.2 Å². The fourth-order valence-electron chi connectivity index (χ4n) is 1.71. The second-order valence-corrected chi connectivity index (χ2v) is 4.37. The SMILES string of the molecule is CCCCCOc1ccc(CC(=O)OC)cc1[N+](=O)[O-]. The quantitative estimate of drug-likeness (QED) is 0.317.